The summed E-state index contributed by atoms with van der Waals surface area (Å²) in [6.07, 6.45) is 6.12. The van der Waals surface area contributed by atoms with Crippen LogP contribution in [0.2, 0.25) is 0 Å². The first-order chi connectivity index (χ1) is 11.2. The van der Waals surface area contributed by atoms with Crippen molar-refractivity contribution in [2.24, 2.45) is 0 Å². The molecule has 0 saturated carbocycles. The normalized spacial score (nSPS) is 21.3. The molecule has 7 nitrogen and oxygen atoms in total. The highest BCUT2D eigenvalue weighted by Gasteiger charge is 2.22. The molecule has 7 heteroatoms. The third-order valence-corrected chi connectivity index (χ3v) is 4.13. The Balaban J connectivity index is 1.85. The fourth-order valence-electron chi connectivity index (χ4n) is 2.82. The van der Waals surface area contributed by atoms with Crippen molar-refractivity contribution in [3.63, 3.8) is 0 Å². The summed E-state index contributed by atoms with van der Waals surface area (Å²) in [6, 6.07) is 0.837. The highest BCUT2D eigenvalue weighted by Crippen LogP contribution is 2.25. The Hall–Kier alpha value is -2.15. The number of ether oxygens (including phenoxy) is 1. The Morgan fingerprint density at radius 2 is 2.30 bits per heavy atom. The molecule has 3 heterocycles. The average Bonchev–Trinajstić information content (AvgIpc) is 3.00. The van der Waals surface area contributed by atoms with Crippen LogP contribution in [-0.4, -0.2) is 46.2 Å². The van der Waals surface area contributed by atoms with Gasteiger partial charge in [-0.05, 0) is 26.2 Å². The van der Waals surface area contributed by atoms with Crippen molar-refractivity contribution in [1.29, 1.82) is 0 Å². The third-order valence-electron chi connectivity index (χ3n) is 4.13. The van der Waals surface area contributed by atoms with Gasteiger partial charge in [-0.1, -0.05) is 6.92 Å². The molecule has 2 atom stereocenters. The van der Waals surface area contributed by atoms with Crippen molar-refractivity contribution in [2.45, 2.75) is 45.2 Å². The average molecular weight is 317 g/mol. The minimum atomic E-state index is -0.341. The Kier molecular flexibility index (Phi) is 4.76. The van der Waals surface area contributed by atoms with Crippen LogP contribution in [-0.2, 0) is 4.74 Å². The van der Waals surface area contributed by atoms with Crippen molar-refractivity contribution in [3.8, 4) is 0 Å². The lowest BCUT2D eigenvalue weighted by Crippen LogP contribution is -2.43. The second-order valence-electron chi connectivity index (χ2n) is 6.01. The maximum atomic E-state index is 12.2. The van der Waals surface area contributed by atoms with Gasteiger partial charge in [-0.2, -0.15) is 0 Å². The quantitative estimate of drug-likeness (QED) is 0.731. The predicted octanol–water partition coefficient (Wildman–Crippen LogP) is 2.08. The molecule has 2 aromatic heterocycles. The summed E-state index contributed by atoms with van der Waals surface area (Å²) >= 11 is 0. The predicted molar refractivity (Wildman–Crippen MR) is 88.6 cm³/mol. The Morgan fingerprint density at radius 1 is 1.43 bits per heavy atom. The van der Waals surface area contributed by atoms with Gasteiger partial charge < -0.3 is 20.4 Å². The highest BCUT2D eigenvalue weighted by atomic mass is 16.5. The van der Waals surface area contributed by atoms with Gasteiger partial charge in [0.2, 0.25) is 0 Å². The van der Waals surface area contributed by atoms with E-state index in [0.29, 0.717) is 41.1 Å². The van der Waals surface area contributed by atoms with Crippen LogP contribution in [0.3, 0.4) is 0 Å². The topological polar surface area (TPSA) is 91.9 Å². The van der Waals surface area contributed by atoms with Crippen molar-refractivity contribution in [3.05, 3.63) is 18.1 Å². The van der Waals surface area contributed by atoms with Gasteiger partial charge in [0.25, 0.3) is 0 Å². The third kappa shape index (κ3) is 3.44. The SMILES string of the molecule is CCCOC(=O)c1c[nH]c2ncnc(N[C@@H]3CC[C@H](C)NC3)c12. The summed E-state index contributed by atoms with van der Waals surface area (Å²) < 4.78 is 5.25. The van der Waals surface area contributed by atoms with E-state index in [1.165, 1.54) is 6.33 Å². The van der Waals surface area contributed by atoms with E-state index in [0.717, 1.165) is 25.8 Å². The Morgan fingerprint density at radius 3 is 3.04 bits per heavy atom. The first kappa shape index (κ1) is 15.7. The number of nitrogens with zero attached hydrogens (tertiary/aromatic N) is 2. The number of aromatic nitrogens is 3. The minimum absolute atomic E-state index is 0.290. The van der Waals surface area contributed by atoms with Gasteiger partial charge in [0, 0.05) is 24.8 Å². The maximum absolute atomic E-state index is 12.2. The molecular weight excluding hydrogens is 294 g/mol. The number of H-pyrrole nitrogens is 1. The minimum Gasteiger partial charge on any atom is -0.462 e. The molecule has 2 aromatic rings. The number of nitrogens with one attached hydrogen (secondary N) is 3. The molecule has 3 rings (SSSR count). The number of piperidine rings is 1. The van der Waals surface area contributed by atoms with Gasteiger partial charge in [0.1, 0.15) is 17.8 Å². The lowest BCUT2D eigenvalue weighted by Gasteiger charge is -2.28. The van der Waals surface area contributed by atoms with Crippen molar-refractivity contribution >= 4 is 22.8 Å². The highest BCUT2D eigenvalue weighted by molar-refractivity contribution is 6.07. The smallest absolute Gasteiger partial charge is 0.340 e. The number of aromatic amines is 1. The molecule has 0 unspecified atom stereocenters. The van der Waals surface area contributed by atoms with E-state index in [4.69, 9.17) is 4.74 Å². The van der Waals surface area contributed by atoms with E-state index in [1.807, 2.05) is 6.92 Å². The number of hydrogen-bond acceptors (Lipinski definition) is 6. The Bertz CT molecular complexity index is 676. The van der Waals surface area contributed by atoms with Crippen LogP contribution in [0.15, 0.2) is 12.5 Å². The molecule has 124 valence electrons. The molecule has 0 radical (unpaired) electrons. The van der Waals surface area contributed by atoms with Gasteiger partial charge in [-0.3, -0.25) is 0 Å². The standard InChI is InChI=1S/C16H23N5O2/c1-3-6-23-16(22)12-8-18-14-13(12)15(20-9-19-14)21-11-5-4-10(2)17-7-11/h8-11,17H,3-7H2,1-2H3,(H2,18,19,20,21)/t10-,11+/m0/s1. The molecule has 0 aliphatic carbocycles. The van der Waals surface area contributed by atoms with Crippen LogP contribution < -0.4 is 10.6 Å². The summed E-state index contributed by atoms with van der Waals surface area (Å²) in [5.74, 6) is 0.340. The number of esters is 1. The molecule has 3 N–H and O–H groups in total. The summed E-state index contributed by atoms with van der Waals surface area (Å²) in [5.41, 5.74) is 1.12. The first-order valence-corrected chi connectivity index (χ1v) is 8.18. The molecule has 0 spiro atoms. The lowest BCUT2D eigenvalue weighted by atomic mass is 10.0. The summed E-state index contributed by atoms with van der Waals surface area (Å²) in [5, 5.41) is 7.60. The number of rotatable bonds is 5. The van der Waals surface area contributed by atoms with E-state index in [1.54, 1.807) is 6.20 Å². The number of hydrogen-bond donors (Lipinski definition) is 3. The summed E-state index contributed by atoms with van der Waals surface area (Å²) in [4.78, 5) is 23.8. The molecule has 1 fully saturated rings. The van der Waals surface area contributed by atoms with Gasteiger partial charge in [0.05, 0.1) is 17.6 Å². The van der Waals surface area contributed by atoms with Crippen LogP contribution in [0, 0.1) is 0 Å². The monoisotopic (exact) mass is 317 g/mol. The molecule has 1 saturated heterocycles. The number of carbonyl (C=O) groups excluding carboxylic acids is 1. The fourth-order valence-corrected chi connectivity index (χ4v) is 2.82. The second kappa shape index (κ2) is 6.95. The van der Waals surface area contributed by atoms with Gasteiger partial charge >= 0.3 is 5.97 Å². The molecule has 0 bridgehead atoms. The molecule has 23 heavy (non-hydrogen) atoms. The molecule has 1 aliphatic heterocycles. The zero-order chi connectivity index (χ0) is 16.2. The van der Waals surface area contributed by atoms with Gasteiger partial charge in [0.15, 0.2) is 0 Å². The largest absolute Gasteiger partial charge is 0.462 e. The van der Waals surface area contributed by atoms with E-state index >= 15 is 0 Å². The van der Waals surface area contributed by atoms with E-state index in [9.17, 15) is 4.79 Å². The summed E-state index contributed by atoms with van der Waals surface area (Å²) in [6.45, 7) is 5.45. The first-order valence-electron chi connectivity index (χ1n) is 8.18. The summed E-state index contributed by atoms with van der Waals surface area (Å²) in [7, 11) is 0. The molecule has 0 aromatic carbocycles. The van der Waals surface area contributed by atoms with E-state index < -0.39 is 0 Å². The van der Waals surface area contributed by atoms with Crippen molar-refractivity contribution in [1.82, 2.24) is 20.3 Å². The second-order valence-corrected chi connectivity index (χ2v) is 6.01. The number of fused-ring (bicyclic) bond motifs is 1. The maximum Gasteiger partial charge on any atom is 0.340 e. The molecular formula is C16H23N5O2. The zero-order valence-corrected chi connectivity index (χ0v) is 13.6. The van der Waals surface area contributed by atoms with Crippen LogP contribution in [0.5, 0.6) is 0 Å². The van der Waals surface area contributed by atoms with E-state index in [-0.39, 0.29) is 5.97 Å². The lowest BCUT2D eigenvalue weighted by molar-refractivity contribution is 0.0507. The fraction of sp³-hybridized carbons (Fsp3) is 0.562. The van der Waals surface area contributed by atoms with Crippen molar-refractivity contribution in [2.75, 3.05) is 18.5 Å². The van der Waals surface area contributed by atoms with Crippen LogP contribution in [0.25, 0.3) is 11.0 Å². The van der Waals surface area contributed by atoms with Gasteiger partial charge in [-0.25, -0.2) is 14.8 Å². The number of anilines is 1. The van der Waals surface area contributed by atoms with Gasteiger partial charge in [-0.15, -0.1) is 0 Å². The molecule has 1 aliphatic rings. The Labute approximate surface area is 135 Å². The van der Waals surface area contributed by atoms with Crippen LogP contribution in [0.4, 0.5) is 5.82 Å². The van der Waals surface area contributed by atoms with Crippen LogP contribution >= 0.6 is 0 Å². The molecule has 0 amide bonds. The zero-order valence-electron chi connectivity index (χ0n) is 13.6. The van der Waals surface area contributed by atoms with Crippen molar-refractivity contribution < 1.29 is 9.53 Å². The van der Waals surface area contributed by atoms with Crippen LogP contribution in [0.1, 0.15) is 43.5 Å². The number of carbonyl (C=O) groups is 1. The van der Waals surface area contributed by atoms with E-state index in [2.05, 4.69) is 32.5 Å².